The Labute approximate surface area is 179 Å². The van der Waals surface area contributed by atoms with Crippen molar-refractivity contribution in [3.05, 3.63) is 37.1 Å². The third-order valence-corrected chi connectivity index (χ3v) is 6.74. The Kier molecular flexibility index (Phi) is 4.44. The molecule has 0 amide bonds. The van der Waals surface area contributed by atoms with E-state index in [-0.39, 0.29) is 17.3 Å². The lowest BCUT2D eigenvalue weighted by Crippen LogP contribution is -2.65. The number of benzene rings is 1. The lowest BCUT2D eigenvalue weighted by atomic mass is 9.82. The summed E-state index contributed by atoms with van der Waals surface area (Å²) in [5, 5.41) is 30.0. The standard InChI is InChI=1S/C21H25FN8O/c1-20-6-7-21(2,28-20)18(22)15(9-20)29(3)17-10-23-19(27-26-17)14-5-4-13(8-16(14)31)30-11-24-25-12-30/h4-5,8,10-12,15,18,28,31H,6-7,9H2,1-3H3/t15-,18-,20-,21+/m0/s1. The van der Waals surface area contributed by atoms with E-state index in [1.165, 1.54) is 0 Å². The van der Waals surface area contributed by atoms with Crippen LogP contribution in [0.5, 0.6) is 5.75 Å². The summed E-state index contributed by atoms with van der Waals surface area (Å²) in [5.74, 6) is 0.824. The molecule has 162 valence electrons. The summed E-state index contributed by atoms with van der Waals surface area (Å²) in [7, 11) is 1.84. The molecular weight excluding hydrogens is 399 g/mol. The molecule has 4 atom stereocenters. The SMILES string of the molecule is CN(c1cnc(-c2ccc(-n3cnnc3)cc2O)nn1)[C@H]1C[C@]2(C)CC[C@@](C)(N2)[C@H]1F. The number of fused-ring (bicyclic) bond motifs is 2. The Bertz CT molecular complexity index is 1090. The molecule has 9 nitrogen and oxygen atoms in total. The first-order chi connectivity index (χ1) is 14.8. The maximum Gasteiger partial charge on any atom is 0.185 e. The number of phenolic OH excluding ortho intramolecular Hbond substituents is 1. The molecule has 0 saturated carbocycles. The Morgan fingerprint density at radius 1 is 1.19 bits per heavy atom. The van der Waals surface area contributed by atoms with E-state index in [9.17, 15) is 5.11 Å². The molecular formula is C21H25FN8O. The van der Waals surface area contributed by atoms with E-state index < -0.39 is 11.7 Å². The first-order valence-corrected chi connectivity index (χ1v) is 10.3. The second-order valence-electron chi connectivity index (χ2n) is 9.10. The zero-order chi connectivity index (χ0) is 21.8. The molecule has 2 aliphatic rings. The highest BCUT2D eigenvalue weighted by Gasteiger charge is 2.56. The second-order valence-corrected chi connectivity index (χ2v) is 9.10. The van der Waals surface area contributed by atoms with E-state index >= 15 is 4.39 Å². The van der Waals surface area contributed by atoms with Crippen LogP contribution in [-0.2, 0) is 0 Å². The zero-order valence-electron chi connectivity index (χ0n) is 17.7. The monoisotopic (exact) mass is 424 g/mol. The third-order valence-electron chi connectivity index (χ3n) is 6.74. The molecule has 1 aromatic carbocycles. The first-order valence-electron chi connectivity index (χ1n) is 10.3. The van der Waals surface area contributed by atoms with E-state index in [1.807, 2.05) is 24.9 Å². The highest BCUT2D eigenvalue weighted by molar-refractivity contribution is 5.66. The Morgan fingerprint density at radius 2 is 1.97 bits per heavy atom. The van der Waals surface area contributed by atoms with Gasteiger partial charge in [0.1, 0.15) is 24.6 Å². The molecule has 4 heterocycles. The summed E-state index contributed by atoms with van der Waals surface area (Å²) < 4.78 is 17.0. The van der Waals surface area contributed by atoms with Crippen LogP contribution in [0.2, 0.25) is 0 Å². The molecule has 0 aliphatic carbocycles. The van der Waals surface area contributed by atoms with Gasteiger partial charge in [0, 0.05) is 24.2 Å². The maximum absolute atomic E-state index is 15.4. The molecule has 2 aromatic heterocycles. The fraction of sp³-hybridized carbons (Fsp3) is 0.476. The van der Waals surface area contributed by atoms with Crippen LogP contribution < -0.4 is 10.2 Å². The van der Waals surface area contributed by atoms with Crippen molar-refractivity contribution in [3.8, 4) is 22.8 Å². The molecule has 2 N–H and O–H groups in total. The number of hydrogen-bond donors (Lipinski definition) is 2. The summed E-state index contributed by atoms with van der Waals surface area (Å²) in [6, 6.07) is 4.80. The smallest absolute Gasteiger partial charge is 0.185 e. The Hall–Kier alpha value is -3.14. The number of piperidine rings is 1. The first kappa shape index (κ1) is 19.8. The highest BCUT2D eigenvalue weighted by atomic mass is 19.1. The average molecular weight is 424 g/mol. The minimum Gasteiger partial charge on any atom is -0.507 e. The summed E-state index contributed by atoms with van der Waals surface area (Å²) in [4.78, 5) is 6.23. The van der Waals surface area contributed by atoms with Crippen molar-refractivity contribution in [1.82, 2.24) is 35.3 Å². The number of nitrogens with one attached hydrogen (secondary N) is 1. The normalized spacial score (nSPS) is 29.8. The van der Waals surface area contributed by atoms with Crippen LogP contribution in [0.3, 0.4) is 0 Å². The van der Waals surface area contributed by atoms with Gasteiger partial charge in [-0.05, 0) is 45.2 Å². The van der Waals surface area contributed by atoms with Crippen LogP contribution in [0.4, 0.5) is 10.2 Å². The number of anilines is 1. The molecule has 2 fully saturated rings. The molecule has 5 rings (SSSR count). The largest absolute Gasteiger partial charge is 0.507 e. The van der Waals surface area contributed by atoms with E-state index in [0.717, 1.165) is 12.8 Å². The molecule has 0 radical (unpaired) electrons. The van der Waals surface area contributed by atoms with Gasteiger partial charge >= 0.3 is 0 Å². The number of hydrogen-bond acceptors (Lipinski definition) is 8. The van der Waals surface area contributed by atoms with Crippen molar-refractivity contribution in [2.45, 2.75) is 56.4 Å². The number of rotatable bonds is 4. The van der Waals surface area contributed by atoms with Gasteiger partial charge in [-0.3, -0.25) is 4.57 Å². The Balaban J connectivity index is 1.38. The number of aromatic nitrogens is 6. The molecule has 2 saturated heterocycles. The fourth-order valence-corrected chi connectivity index (χ4v) is 4.96. The van der Waals surface area contributed by atoms with Crippen molar-refractivity contribution >= 4 is 5.82 Å². The molecule has 0 spiro atoms. The van der Waals surface area contributed by atoms with Crippen molar-refractivity contribution < 1.29 is 9.50 Å². The van der Waals surface area contributed by atoms with Crippen LogP contribution >= 0.6 is 0 Å². The van der Waals surface area contributed by atoms with Gasteiger partial charge in [0.25, 0.3) is 0 Å². The number of phenols is 1. The van der Waals surface area contributed by atoms with Crippen LogP contribution in [-0.4, -0.2) is 65.4 Å². The lowest BCUT2D eigenvalue weighted by Gasteiger charge is -2.47. The van der Waals surface area contributed by atoms with E-state index in [0.29, 0.717) is 29.3 Å². The summed E-state index contributed by atoms with van der Waals surface area (Å²) in [6.07, 6.45) is 6.12. The van der Waals surface area contributed by atoms with Crippen molar-refractivity contribution in [2.24, 2.45) is 0 Å². The highest BCUT2D eigenvalue weighted by Crippen LogP contribution is 2.45. The third kappa shape index (κ3) is 3.31. The Morgan fingerprint density at radius 3 is 2.65 bits per heavy atom. The van der Waals surface area contributed by atoms with Gasteiger partial charge in [0.15, 0.2) is 11.6 Å². The van der Waals surface area contributed by atoms with E-state index in [1.54, 1.807) is 35.6 Å². The maximum atomic E-state index is 15.4. The zero-order valence-corrected chi connectivity index (χ0v) is 17.7. The number of halogens is 1. The van der Waals surface area contributed by atoms with Gasteiger partial charge in [-0.25, -0.2) is 9.37 Å². The fourth-order valence-electron chi connectivity index (χ4n) is 4.96. The molecule has 10 heteroatoms. The molecule has 2 aliphatic heterocycles. The van der Waals surface area contributed by atoms with Gasteiger partial charge in [0.2, 0.25) is 0 Å². The number of nitrogens with zero attached hydrogens (tertiary/aromatic N) is 7. The number of alkyl halides is 1. The molecule has 3 aromatic rings. The molecule has 0 unspecified atom stereocenters. The summed E-state index contributed by atoms with van der Waals surface area (Å²) in [5.41, 5.74) is 0.578. The number of aromatic hydroxyl groups is 1. The van der Waals surface area contributed by atoms with Crippen molar-refractivity contribution in [2.75, 3.05) is 11.9 Å². The van der Waals surface area contributed by atoms with Gasteiger partial charge in [-0.15, -0.1) is 20.4 Å². The molecule has 31 heavy (non-hydrogen) atoms. The van der Waals surface area contributed by atoms with Gasteiger partial charge < -0.3 is 15.3 Å². The van der Waals surface area contributed by atoms with Crippen LogP contribution in [0.1, 0.15) is 33.1 Å². The summed E-state index contributed by atoms with van der Waals surface area (Å²) >= 11 is 0. The predicted octanol–water partition coefficient (Wildman–Crippen LogP) is 2.27. The minimum absolute atomic E-state index is 0.0220. The second kappa shape index (κ2) is 6.94. The predicted molar refractivity (Wildman–Crippen MR) is 113 cm³/mol. The minimum atomic E-state index is -1.02. The van der Waals surface area contributed by atoms with Gasteiger partial charge in [-0.2, -0.15) is 0 Å². The van der Waals surface area contributed by atoms with Gasteiger partial charge in [0.05, 0.1) is 23.5 Å². The van der Waals surface area contributed by atoms with Crippen molar-refractivity contribution in [3.63, 3.8) is 0 Å². The van der Waals surface area contributed by atoms with Crippen molar-refractivity contribution in [1.29, 1.82) is 0 Å². The van der Waals surface area contributed by atoms with E-state index in [2.05, 4.69) is 37.6 Å². The quantitative estimate of drug-likeness (QED) is 0.657. The van der Waals surface area contributed by atoms with E-state index in [4.69, 9.17) is 0 Å². The molecule has 2 bridgehead atoms. The van der Waals surface area contributed by atoms with Crippen LogP contribution in [0.15, 0.2) is 37.1 Å². The van der Waals surface area contributed by atoms with Gasteiger partial charge in [-0.1, -0.05) is 0 Å². The topological polar surface area (TPSA) is 105 Å². The lowest BCUT2D eigenvalue weighted by molar-refractivity contribution is 0.0859. The van der Waals surface area contributed by atoms with Crippen LogP contribution in [0.25, 0.3) is 17.1 Å². The van der Waals surface area contributed by atoms with Crippen LogP contribution in [0, 0.1) is 0 Å². The summed E-state index contributed by atoms with van der Waals surface area (Å²) in [6.45, 7) is 4.12. The average Bonchev–Trinajstić information content (AvgIpc) is 3.38.